The lowest BCUT2D eigenvalue weighted by Gasteiger charge is -2.47. The van der Waals surface area contributed by atoms with Crippen molar-refractivity contribution in [3.8, 4) is 0 Å². The standard InChI is InChI=1S/C29H35N3O3.C2H6/c1-20-27(9-6-14-31-20)32-28(35)22-10-11-26(23(15-22)19-33)29(17-21-7-4-3-5-8-21)13-12-25(34)16-24(29)18-30-2;1-2/h3-11,14-15,24-25,30,33-34H,12-13,16-19H2,1-2H3,(H,32,35);1-2H3. The third-order valence-corrected chi connectivity index (χ3v) is 7.40. The summed E-state index contributed by atoms with van der Waals surface area (Å²) in [7, 11) is 1.94. The van der Waals surface area contributed by atoms with Gasteiger partial charge < -0.3 is 20.8 Å². The van der Waals surface area contributed by atoms with Crippen LogP contribution in [0.4, 0.5) is 5.69 Å². The average molecular weight is 504 g/mol. The molecule has 3 unspecified atom stereocenters. The van der Waals surface area contributed by atoms with Crippen molar-refractivity contribution in [3.63, 3.8) is 0 Å². The molecule has 1 saturated carbocycles. The zero-order valence-corrected chi connectivity index (χ0v) is 22.5. The van der Waals surface area contributed by atoms with E-state index in [4.69, 9.17) is 0 Å². The molecule has 0 bridgehead atoms. The van der Waals surface area contributed by atoms with Crippen LogP contribution >= 0.6 is 0 Å². The van der Waals surface area contributed by atoms with Crippen LogP contribution in [-0.2, 0) is 18.4 Å². The van der Waals surface area contributed by atoms with Crippen LogP contribution in [0.3, 0.4) is 0 Å². The summed E-state index contributed by atoms with van der Waals surface area (Å²) < 4.78 is 0. The van der Waals surface area contributed by atoms with E-state index in [1.54, 1.807) is 12.3 Å². The largest absolute Gasteiger partial charge is 0.393 e. The van der Waals surface area contributed by atoms with Gasteiger partial charge in [0.25, 0.3) is 5.91 Å². The molecule has 1 aromatic heterocycles. The van der Waals surface area contributed by atoms with E-state index in [2.05, 4.69) is 39.9 Å². The topological polar surface area (TPSA) is 94.5 Å². The fraction of sp³-hybridized carbons (Fsp3) is 0.419. The average Bonchev–Trinajstić information content (AvgIpc) is 2.93. The van der Waals surface area contributed by atoms with E-state index in [9.17, 15) is 15.0 Å². The minimum atomic E-state index is -0.331. The molecule has 0 aliphatic heterocycles. The van der Waals surface area contributed by atoms with Crippen LogP contribution in [-0.4, -0.2) is 40.8 Å². The Hall–Kier alpha value is -3.06. The Bertz CT molecular complexity index is 1150. The van der Waals surface area contributed by atoms with Crippen molar-refractivity contribution in [2.75, 3.05) is 18.9 Å². The first-order valence-corrected chi connectivity index (χ1v) is 13.3. The molecular formula is C31H41N3O3. The van der Waals surface area contributed by atoms with E-state index in [1.807, 2.05) is 58.2 Å². The fourth-order valence-corrected chi connectivity index (χ4v) is 5.63. The minimum absolute atomic E-state index is 0.159. The third kappa shape index (κ3) is 6.63. The number of aliphatic hydroxyl groups excluding tert-OH is 2. The Morgan fingerprint density at radius 2 is 1.86 bits per heavy atom. The first-order chi connectivity index (χ1) is 18.0. The maximum atomic E-state index is 13.0. The first kappa shape index (κ1) is 28.5. The van der Waals surface area contributed by atoms with Crippen molar-refractivity contribution in [2.45, 2.75) is 64.6 Å². The summed E-state index contributed by atoms with van der Waals surface area (Å²) in [6.45, 7) is 6.45. The molecule has 1 amide bonds. The number of hydrogen-bond acceptors (Lipinski definition) is 5. The van der Waals surface area contributed by atoms with Crippen LogP contribution in [0.2, 0.25) is 0 Å². The monoisotopic (exact) mass is 503 g/mol. The first-order valence-electron chi connectivity index (χ1n) is 13.3. The molecule has 6 nitrogen and oxygen atoms in total. The van der Waals surface area contributed by atoms with E-state index in [0.29, 0.717) is 24.1 Å². The number of amides is 1. The lowest BCUT2D eigenvalue weighted by molar-refractivity contribution is 0.0491. The van der Waals surface area contributed by atoms with E-state index < -0.39 is 0 Å². The van der Waals surface area contributed by atoms with Crippen molar-refractivity contribution in [1.82, 2.24) is 10.3 Å². The second kappa shape index (κ2) is 13.5. The molecule has 3 atom stereocenters. The molecule has 0 spiro atoms. The smallest absolute Gasteiger partial charge is 0.255 e. The van der Waals surface area contributed by atoms with Crippen molar-refractivity contribution >= 4 is 11.6 Å². The number of carbonyl (C=O) groups excluding carboxylic acids is 1. The molecule has 6 heteroatoms. The number of carbonyl (C=O) groups is 1. The molecule has 1 aliphatic carbocycles. The van der Waals surface area contributed by atoms with Gasteiger partial charge in [0.05, 0.1) is 24.1 Å². The summed E-state index contributed by atoms with van der Waals surface area (Å²) in [5.74, 6) is -0.0511. The lowest BCUT2D eigenvalue weighted by atomic mass is 9.58. The highest BCUT2D eigenvalue weighted by Crippen LogP contribution is 2.47. The number of aryl methyl sites for hydroxylation is 1. The second-order valence-electron chi connectivity index (χ2n) is 9.62. The van der Waals surface area contributed by atoms with Gasteiger partial charge in [-0.3, -0.25) is 9.78 Å². The van der Waals surface area contributed by atoms with Crippen molar-refractivity contribution in [1.29, 1.82) is 0 Å². The molecule has 1 aliphatic rings. The normalized spacial score (nSPS) is 21.0. The molecule has 0 radical (unpaired) electrons. The summed E-state index contributed by atoms with van der Waals surface area (Å²) >= 11 is 0. The molecule has 0 saturated heterocycles. The van der Waals surface area contributed by atoms with Gasteiger partial charge in [-0.2, -0.15) is 0 Å². The van der Waals surface area contributed by atoms with Crippen LogP contribution in [0.15, 0.2) is 66.9 Å². The molecule has 2 aromatic carbocycles. The summed E-state index contributed by atoms with van der Waals surface area (Å²) in [4.78, 5) is 17.3. The Balaban J connectivity index is 0.00000186. The lowest BCUT2D eigenvalue weighted by Crippen LogP contribution is -2.48. The maximum absolute atomic E-state index is 13.0. The van der Waals surface area contributed by atoms with Gasteiger partial charge in [0.1, 0.15) is 0 Å². The highest BCUT2D eigenvalue weighted by atomic mass is 16.3. The van der Waals surface area contributed by atoms with Gasteiger partial charge in [-0.15, -0.1) is 0 Å². The van der Waals surface area contributed by atoms with Gasteiger partial charge >= 0.3 is 0 Å². The predicted octanol–water partition coefficient (Wildman–Crippen LogP) is 5.02. The summed E-state index contributed by atoms with van der Waals surface area (Å²) in [5.41, 5.74) is 4.69. The van der Waals surface area contributed by atoms with Gasteiger partial charge in [-0.25, -0.2) is 0 Å². The molecule has 37 heavy (non-hydrogen) atoms. The number of benzene rings is 2. The third-order valence-electron chi connectivity index (χ3n) is 7.40. The van der Waals surface area contributed by atoms with E-state index in [-0.39, 0.29) is 30.0 Å². The van der Waals surface area contributed by atoms with Crippen LogP contribution in [0.1, 0.15) is 65.9 Å². The Labute approximate surface area is 221 Å². The van der Waals surface area contributed by atoms with Gasteiger partial charge in [0, 0.05) is 17.2 Å². The quantitative estimate of drug-likeness (QED) is 0.346. The van der Waals surface area contributed by atoms with Crippen molar-refractivity contribution in [2.24, 2.45) is 5.92 Å². The molecule has 4 N–H and O–H groups in total. The molecule has 3 aromatic rings. The number of anilines is 1. The number of pyridine rings is 1. The molecule has 1 fully saturated rings. The molecular weight excluding hydrogens is 462 g/mol. The highest BCUT2D eigenvalue weighted by molar-refractivity contribution is 6.04. The Kier molecular flexibility index (Phi) is 10.4. The molecule has 1 heterocycles. The summed E-state index contributed by atoms with van der Waals surface area (Å²) in [6, 6.07) is 19.7. The SMILES string of the molecule is CC.CNCC1CC(O)CCC1(Cc1ccccc1)c1ccc(C(=O)Nc2cccnc2C)cc1CO. The number of aromatic nitrogens is 1. The number of nitrogens with one attached hydrogen (secondary N) is 2. The summed E-state index contributed by atoms with van der Waals surface area (Å²) in [6.07, 6.45) is 4.38. The van der Waals surface area contributed by atoms with Crippen molar-refractivity contribution < 1.29 is 15.0 Å². The van der Waals surface area contributed by atoms with Crippen LogP contribution in [0.5, 0.6) is 0 Å². The summed E-state index contributed by atoms with van der Waals surface area (Å²) in [5, 5.41) is 27.2. The fourth-order valence-electron chi connectivity index (χ4n) is 5.63. The van der Waals surface area contributed by atoms with Crippen LogP contribution < -0.4 is 10.6 Å². The van der Waals surface area contributed by atoms with Crippen LogP contribution in [0, 0.1) is 12.8 Å². The minimum Gasteiger partial charge on any atom is -0.393 e. The van der Waals surface area contributed by atoms with Gasteiger partial charge in [0.2, 0.25) is 0 Å². The number of nitrogens with zero attached hydrogens (tertiary/aromatic N) is 1. The zero-order chi connectivity index (χ0) is 26.8. The molecule has 198 valence electrons. The maximum Gasteiger partial charge on any atom is 0.255 e. The Morgan fingerprint density at radius 3 is 2.54 bits per heavy atom. The highest BCUT2D eigenvalue weighted by Gasteiger charge is 2.45. The van der Waals surface area contributed by atoms with Gasteiger partial charge in [-0.1, -0.05) is 50.2 Å². The zero-order valence-electron chi connectivity index (χ0n) is 22.5. The number of aliphatic hydroxyl groups is 2. The van der Waals surface area contributed by atoms with Gasteiger partial charge in [-0.05, 0) is 93.1 Å². The predicted molar refractivity (Wildman–Crippen MR) is 150 cm³/mol. The second-order valence-corrected chi connectivity index (χ2v) is 9.62. The number of rotatable bonds is 8. The van der Waals surface area contributed by atoms with E-state index in [1.165, 1.54) is 5.56 Å². The van der Waals surface area contributed by atoms with Gasteiger partial charge in [0.15, 0.2) is 0 Å². The van der Waals surface area contributed by atoms with E-state index in [0.717, 1.165) is 36.2 Å². The number of hydrogen-bond donors (Lipinski definition) is 4. The van der Waals surface area contributed by atoms with Crippen LogP contribution in [0.25, 0.3) is 0 Å². The van der Waals surface area contributed by atoms with E-state index >= 15 is 0 Å². The Morgan fingerprint density at radius 1 is 1.11 bits per heavy atom. The molecule has 4 rings (SSSR count). The van der Waals surface area contributed by atoms with Crippen molar-refractivity contribution in [3.05, 3.63) is 94.8 Å².